The number of aryl methyl sites for hydroxylation is 1. The molecule has 0 aliphatic heterocycles. The molecule has 0 unspecified atom stereocenters. The molecule has 3 heteroatoms. The number of aromatic nitrogens is 1. The Morgan fingerprint density at radius 1 is 1.17 bits per heavy atom. The Hall–Kier alpha value is -1.38. The molecule has 0 aliphatic rings. The van der Waals surface area contributed by atoms with Gasteiger partial charge in [-0.2, -0.15) is 0 Å². The van der Waals surface area contributed by atoms with Crippen molar-refractivity contribution in [2.45, 2.75) is 26.3 Å². The summed E-state index contributed by atoms with van der Waals surface area (Å²) in [6.45, 7) is 2.63. The molecule has 0 spiro atoms. The van der Waals surface area contributed by atoms with Crippen LogP contribution in [0.1, 0.15) is 29.3 Å². The highest BCUT2D eigenvalue weighted by Gasteiger charge is 2.04. The summed E-state index contributed by atoms with van der Waals surface area (Å²) in [4.78, 5) is 4.47. The standard InChI is InChI=1S/C15H17ClN2/c1-2-11-3-6-15(18-10-11)8-12-4-5-14(16)7-13(12)9-17/h3-7,10H,2,8-9,17H2,1H3. The normalized spacial score (nSPS) is 10.6. The Morgan fingerprint density at radius 2 is 2.00 bits per heavy atom. The zero-order valence-electron chi connectivity index (χ0n) is 10.5. The molecule has 1 heterocycles. The molecule has 0 radical (unpaired) electrons. The Balaban J connectivity index is 2.22. The summed E-state index contributed by atoms with van der Waals surface area (Å²) in [7, 11) is 0. The van der Waals surface area contributed by atoms with E-state index >= 15 is 0 Å². The fourth-order valence-electron chi connectivity index (χ4n) is 1.92. The molecule has 0 bridgehead atoms. The highest BCUT2D eigenvalue weighted by Crippen LogP contribution is 2.18. The van der Waals surface area contributed by atoms with E-state index in [2.05, 4.69) is 24.0 Å². The van der Waals surface area contributed by atoms with Crippen LogP contribution in [0, 0.1) is 0 Å². The molecule has 1 aromatic heterocycles. The molecule has 2 aromatic rings. The lowest BCUT2D eigenvalue weighted by molar-refractivity contribution is 0.983. The van der Waals surface area contributed by atoms with Crippen molar-refractivity contribution in [1.82, 2.24) is 4.98 Å². The number of hydrogen-bond acceptors (Lipinski definition) is 2. The van der Waals surface area contributed by atoms with E-state index in [-0.39, 0.29) is 0 Å². The molecule has 2 N–H and O–H groups in total. The maximum atomic E-state index is 5.97. The first kappa shape index (κ1) is 13.1. The van der Waals surface area contributed by atoms with Crippen LogP contribution in [0.5, 0.6) is 0 Å². The minimum Gasteiger partial charge on any atom is -0.326 e. The number of halogens is 1. The second-order valence-corrected chi connectivity index (χ2v) is 4.74. The van der Waals surface area contributed by atoms with Crippen LogP contribution in [0.25, 0.3) is 0 Å². The van der Waals surface area contributed by atoms with Crippen molar-refractivity contribution in [1.29, 1.82) is 0 Å². The minimum absolute atomic E-state index is 0.503. The average Bonchev–Trinajstić information content (AvgIpc) is 2.41. The van der Waals surface area contributed by atoms with Gasteiger partial charge in [0.05, 0.1) is 0 Å². The molecule has 0 atom stereocenters. The van der Waals surface area contributed by atoms with Crippen LogP contribution in [0.15, 0.2) is 36.5 Å². The summed E-state index contributed by atoms with van der Waals surface area (Å²) in [5.74, 6) is 0. The maximum absolute atomic E-state index is 5.97. The summed E-state index contributed by atoms with van der Waals surface area (Å²) < 4.78 is 0. The SMILES string of the molecule is CCc1ccc(Cc2ccc(Cl)cc2CN)nc1. The first-order chi connectivity index (χ1) is 8.72. The average molecular weight is 261 g/mol. The van der Waals surface area contributed by atoms with E-state index in [0.717, 1.165) is 29.1 Å². The third kappa shape index (κ3) is 3.09. The van der Waals surface area contributed by atoms with Crippen molar-refractivity contribution in [3.63, 3.8) is 0 Å². The molecule has 0 fully saturated rings. The van der Waals surface area contributed by atoms with Gasteiger partial charge in [-0.05, 0) is 41.3 Å². The Kier molecular flexibility index (Phi) is 4.34. The molecule has 18 heavy (non-hydrogen) atoms. The Morgan fingerprint density at radius 3 is 2.61 bits per heavy atom. The molecule has 2 rings (SSSR count). The predicted molar refractivity (Wildman–Crippen MR) is 75.8 cm³/mol. The van der Waals surface area contributed by atoms with E-state index in [1.807, 2.05) is 24.4 Å². The molecule has 2 nitrogen and oxygen atoms in total. The lowest BCUT2D eigenvalue weighted by Gasteiger charge is -2.08. The summed E-state index contributed by atoms with van der Waals surface area (Å²) in [5.41, 5.74) is 10.3. The Labute approximate surface area is 113 Å². The van der Waals surface area contributed by atoms with Crippen molar-refractivity contribution in [2.24, 2.45) is 5.73 Å². The molecule has 1 aromatic carbocycles. The first-order valence-electron chi connectivity index (χ1n) is 6.14. The van der Waals surface area contributed by atoms with E-state index in [0.29, 0.717) is 6.54 Å². The largest absolute Gasteiger partial charge is 0.326 e. The van der Waals surface area contributed by atoms with Gasteiger partial charge in [-0.1, -0.05) is 30.7 Å². The lowest BCUT2D eigenvalue weighted by atomic mass is 10.0. The third-order valence-corrected chi connectivity index (χ3v) is 3.29. The van der Waals surface area contributed by atoms with Gasteiger partial charge in [0.25, 0.3) is 0 Å². The van der Waals surface area contributed by atoms with E-state index < -0.39 is 0 Å². The number of rotatable bonds is 4. The quantitative estimate of drug-likeness (QED) is 0.916. The van der Waals surface area contributed by atoms with Gasteiger partial charge < -0.3 is 5.73 Å². The molecule has 0 saturated heterocycles. The summed E-state index contributed by atoms with van der Waals surface area (Å²) >= 11 is 5.97. The zero-order valence-corrected chi connectivity index (χ0v) is 11.2. The molecule has 94 valence electrons. The van der Waals surface area contributed by atoms with Gasteiger partial charge in [0, 0.05) is 29.9 Å². The third-order valence-electron chi connectivity index (χ3n) is 3.05. The molecule has 0 amide bonds. The van der Waals surface area contributed by atoms with E-state index in [9.17, 15) is 0 Å². The first-order valence-corrected chi connectivity index (χ1v) is 6.52. The highest BCUT2D eigenvalue weighted by atomic mass is 35.5. The Bertz CT molecular complexity index is 521. The molecule has 0 aliphatic carbocycles. The molecular formula is C15H17ClN2. The number of nitrogens with zero attached hydrogens (tertiary/aromatic N) is 1. The van der Waals surface area contributed by atoms with Gasteiger partial charge in [-0.3, -0.25) is 4.98 Å². The van der Waals surface area contributed by atoms with Gasteiger partial charge >= 0.3 is 0 Å². The number of hydrogen-bond donors (Lipinski definition) is 1. The second-order valence-electron chi connectivity index (χ2n) is 4.31. The maximum Gasteiger partial charge on any atom is 0.0447 e. The topological polar surface area (TPSA) is 38.9 Å². The lowest BCUT2D eigenvalue weighted by Crippen LogP contribution is -2.03. The van der Waals surface area contributed by atoms with E-state index in [1.165, 1.54) is 11.1 Å². The second kappa shape index (κ2) is 5.98. The van der Waals surface area contributed by atoms with Crippen LogP contribution in [-0.4, -0.2) is 4.98 Å². The van der Waals surface area contributed by atoms with Crippen LogP contribution >= 0.6 is 11.6 Å². The number of benzene rings is 1. The van der Waals surface area contributed by atoms with Crippen molar-refractivity contribution < 1.29 is 0 Å². The number of nitrogens with two attached hydrogens (primary N) is 1. The fraction of sp³-hybridized carbons (Fsp3) is 0.267. The van der Waals surface area contributed by atoms with Gasteiger partial charge in [0.1, 0.15) is 0 Å². The van der Waals surface area contributed by atoms with Crippen molar-refractivity contribution in [3.8, 4) is 0 Å². The predicted octanol–water partition coefficient (Wildman–Crippen LogP) is 3.35. The summed E-state index contributed by atoms with van der Waals surface area (Å²) in [5, 5.41) is 0.730. The fourth-order valence-corrected chi connectivity index (χ4v) is 2.12. The van der Waals surface area contributed by atoms with Crippen molar-refractivity contribution >= 4 is 11.6 Å². The molecule has 0 saturated carbocycles. The van der Waals surface area contributed by atoms with E-state index in [1.54, 1.807) is 0 Å². The highest BCUT2D eigenvalue weighted by molar-refractivity contribution is 6.30. The zero-order chi connectivity index (χ0) is 13.0. The van der Waals surface area contributed by atoms with Crippen molar-refractivity contribution in [3.05, 3.63) is 63.9 Å². The van der Waals surface area contributed by atoms with Gasteiger partial charge in [0.15, 0.2) is 0 Å². The van der Waals surface area contributed by atoms with Crippen molar-refractivity contribution in [2.75, 3.05) is 0 Å². The smallest absolute Gasteiger partial charge is 0.0447 e. The summed E-state index contributed by atoms with van der Waals surface area (Å²) in [6, 6.07) is 10.1. The van der Waals surface area contributed by atoms with Crippen LogP contribution in [0.2, 0.25) is 5.02 Å². The van der Waals surface area contributed by atoms with Crippen LogP contribution in [0.3, 0.4) is 0 Å². The van der Waals surface area contributed by atoms with Gasteiger partial charge in [-0.25, -0.2) is 0 Å². The van der Waals surface area contributed by atoms with Crippen LogP contribution in [-0.2, 0) is 19.4 Å². The van der Waals surface area contributed by atoms with E-state index in [4.69, 9.17) is 17.3 Å². The monoisotopic (exact) mass is 260 g/mol. The van der Waals surface area contributed by atoms with Crippen LogP contribution < -0.4 is 5.73 Å². The summed E-state index contributed by atoms with van der Waals surface area (Å²) in [6.07, 6.45) is 3.75. The van der Waals surface area contributed by atoms with Gasteiger partial charge in [0.2, 0.25) is 0 Å². The van der Waals surface area contributed by atoms with Crippen LogP contribution in [0.4, 0.5) is 0 Å². The van der Waals surface area contributed by atoms with Gasteiger partial charge in [-0.15, -0.1) is 0 Å². The molecular weight excluding hydrogens is 244 g/mol. The minimum atomic E-state index is 0.503. The number of pyridine rings is 1.